The fraction of sp³-hybridized carbons (Fsp3) is 0.222. The largest absolute Gasteiger partial charge is 0.367 e. The molecule has 25 heavy (non-hydrogen) atoms. The normalized spacial score (nSPS) is 15.0. The van der Waals surface area contributed by atoms with Gasteiger partial charge in [-0.1, -0.05) is 35.3 Å². The van der Waals surface area contributed by atoms with Gasteiger partial charge >= 0.3 is 0 Å². The molecule has 1 aromatic carbocycles. The summed E-state index contributed by atoms with van der Waals surface area (Å²) in [6.45, 7) is 2.76. The number of fused-ring (bicyclic) bond motifs is 1. The van der Waals surface area contributed by atoms with Crippen molar-refractivity contribution >= 4 is 40.4 Å². The van der Waals surface area contributed by atoms with Crippen molar-refractivity contribution in [2.24, 2.45) is 0 Å². The highest BCUT2D eigenvalue weighted by atomic mass is 35.5. The molecule has 128 valence electrons. The van der Waals surface area contributed by atoms with Gasteiger partial charge in [-0.05, 0) is 24.3 Å². The van der Waals surface area contributed by atoms with Crippen LogP contribution >= 0.6 is 23.2 Å². The molecule has 7 heteroatoms. The first-order valence-corrected chi connectivity index (χ1v) is 8.80. The maximum Gasteiger partial charge on any atom is 0.274 e. The Bertz CT molecular complexity index is 932. The van der Waals surface area contributed by atoms with Crippen LogP contribution in [0, 0.1) is 0 Å². The van der Waals surface area contributed by atoms with E-state index >= 15 is 0 Å². The zero-order valence-electron chi connectivity index (χ0n) is 13.4. The zero-order valence-corrected chi connectivity index (χ0v) is 14.9. The predicted octanol–water partition coefficient (Wildman–Crippen LogP) is 3.60. The van der Waals surface area contributed by atoms with E-state index in [0.717, 1.165) is 23.8 Å². The average Bonchev–Trinajstić information content (AvgIpc) is 3.05. The number of anilines is 1. The maximum atomic E-state index is 12.7. The lowest BCUT2D eigenvalue weighted by molar-refractivity contribution is 0.0741. The molecule has 0 atom stereocenters. The van der Waals surface area contributed by atoms with Gasteiger partial charge in [0.2, 0.25) is 0 Å². The molecule has 0 aliphatic carbocycles. The van der Waals surface area contributed by atoms with Crippen LogP contribution in [0.15, 0.2) is 48.8 Å². The number of piperazine rings is 1. The first-order chi connectivity index (χ1) is 12.1. The number of nitrogens with zero attached hydrogens (tertiary/aromatic N) is 4. The minimum atomic E-state index is -0.0568. The van der Waals surface area contributed by atoms with Gasteiger partial charge in [0.15, 0.2) is 0 Å². The van der Waals surface area contributed by atoms with Gasteiger partial charge in [0.05, 0.1) is 15.7 Å². The number of hydrogen-bond donors (Lipinski definition) is 0. The molecule has 2 aromatic heterocycles. The molecule has 0 bridgehead atoms. The number of amides is 1. The highest BCUT2D eigenvalue weighted by molar-refractivity contribution is 6.33. The molecule has 0 radical (unpaired) electrons. The summed E-state index contributed by atoms with van der Waals surface area (Å²) in [7, 11) is 0. The molecule has 0 saturated carbocycles. The second-order valence-corrected chi connectivity index (χ2v) is 6.81. The molecule has 1 fully saturated rings. The summed E-state index contributed by atoms with van der Waals surface area (Å²) >= 11 is 12.2. The Balaban J connectivity index is 1.48. The van der Waals surface area contributed by atoms with Crippen molar-refractivity contribution in [2.45, 2.75) is 0 Å². The van der Waals surface area contributed by atoms with Gasteiger partial charge in [0.1, 0.15) is 11.3 Å². The molecule has 0 spiro atoms. The lowest BCUT2D eigenvalue weighted by Gasteiger charge is -2.36. The molecule has 3 heterocycles. The minimum Gasteiger partial charge on any atom is -0.367 e. The van der Waals surface area contributed by atoms with Crippen molar-refractivity contribution in [1.29, 1.82) is 0 Å². The molecule has 1 amide bonds. The van der Waals surface area contributed by atoms with E-state index in [1.165, 1.54) is 0 Å². The molecule has 3 aromatic rings. The van der Waals surface area contributed by atoms with Crippen molar-refractivity contribution < 1.29 is 4.79 Å². The van der Waals surface area contributed by atoms with Crippen molar-refractivity contribution in [3.05, 3.63) is 64.5 Å². The molecule has 0 N–H and O–H groups in total. The molecule has 0 unspecified atom stereocenters. The summed E-state index contributed by atoms with van der Waals surface area (Å²) in [6.07, 6.45) is 3.47. The van der Waals surface area contributed by atoms with E-state index in [1.54, 1.807) is 28.9 Å². The summed E-state index contributed by atoms with van der Waals surface area (Å²) in [4.78, 5) is 21.2. The van der Waals surface area contributed by atoms with Crippen LogP contribution in [0.1, 0.15) is 10.5 Å². The summed E-state index contributed by atoms with van der Waals surface area (Å²) in [5.41, 5.74) is 2.16. The predicted molar refractivity (Wildman–Crippen MR) is 99.8 cm³/mol. The van der Waals surface area contributed by atoms with E-state index in [2.05, 4.69) is 9.88 Å². The van der Waals surface area contributed by atoms with Crippen LogP contribution in [0.4, 0.5) is 5.69 Å². The second-order valence-electron chi connectivity index (χ2n) is 5.97. The number of benzene rings is 1. The summed E-state index contributed by atoms with van der Waals surface area (Å²) in [6, 6.07) is 11.3. The van der Waals surface area contributed by atoms with E-state index in [9.17, 15) is 4.79 Å². The number of para-hydroxylation sites is 1. The smallest absolute Gasteiger partial charge is 0.274 e. The van der Waals surface area contributed by atoms with Crippen LogP contribution in [0.2, 0.25) is 10.0 Å². The quantitative estimate of drug-likeness (QED) is 0.687. The van der Waals surface area contributed by atoms with Crippen LogP contribution in [-0.4, -0.2) is 46.4 Å². The van der Waals surface area contributed by atoms with Gasteiger partial charge in [0, 0.05) is 38.6 Å². The monoisotopic (exact) mass is 374 g/mol. The number of aromatic nitrogens is 2. The Morgan fingerprint density at radius 1 is 0.960 bits per heavy atom. The first kappa shape index (κ1) is 16.2. The Morgan fingerprint density at radius 2 is 1.72 bits per heavy atom. The minimum absolute atomic E-state index is 0.0568. The Morgan fingerprint density at radius 3 is 2.48 bits per heavy atom. The Hall–Kier alpha value is -2.24. The topological polar surface area (TPSA) is 40.9 Å². The zero-order chi connectivity index (χ0) is 17.4. The van der Waals surface area contributed by atoms with Gasteiger partial charge in [-0.25, -0.2) is 4.98 Å². The maximum absolute atomic E-state index is 12.7. The fourth-order valence-electron chi connectivity index (χ4n) is 3.09. The average molecular weight is 375 g/mol. The van der Waals surface area contributed by atoms with Gasteiger partial charge in [0.25, 0.3) is 5.91 Å². The third-order valence-electron chi connectivity index (χ3n) is 4.39. The van der Waals surface area contributed by atoms with Crippen LogP contribution in [0.5, 0.6) is 0 Å². The number of halogens is 2. The van der Waals surface area contributed by atoms with Crippen molar-refractivity contribution in [1.82, 2.24) is 14.3 Å². The highest BCUT2D eigenvalue weighted by Gasteiger charge is 2.24. The molecule has 1 aliphatic heterocycles. The van der Waals surface area contributed by atoms with E-state index in [-0.39, 0.29) is 5.91 Å². The van der Waals surface area contributed by atoms with E-state index in [0.29, 0.717) is 29.5 Å². The number of carbonyl (C=O) groups excluding carboxylic acids is 1. The van der Waals surface area contributed by atoms with Gasteiger partial charge in [-0.2, -0.15) is 0 Å². The lowest BCUT2D eigenvalue weighted by Crippen LogP contribution is -2.49. The van der Waals surface area contributed by atoms with Crippen molar-refractivity contribution in [3.63, 3.8) is 0 Å². The Kier molecular flexibility index (Phi) is 4.27. The second kappa shape index (κ2) is 6.58. The standard InChI is InChI=1S/C18H16Cl2N4O/c19-13-5-6-17-21-15(12-24(17)11-13)18(25)23-9-7-22(8-10-23)16-4-2-1-3-14(16)20/h1-6,11-12H,7-10H2. The molecular formula is C18H16Cl2N4O. The lowest BCUT2D eigenvalue weighted by atomic mass is 10.2. The van der Waals surface area contributed by atoms with E-state index < -0.39 is 0 Å². The Labute approximate surface area is 155 Å². The third kappa shape index (κ3) is 3.17. The van der Waals surface area contributed by atoms with Crippen LogP contribution in [0.25, 0.3) is 5.65 Å². The fourth-order valence-corrected chi connectivity index (χ4v) is 3.51. The summed E-state index contributed by atoms with van der Waals surface area (Å²) in [5.74, 6) is -0.0568. The first-order valence-electron chi connectivity index (χ1n) is 8.05. The molecule has 5 nitrogen and oxygen atoms in total. The number of rotatable bonds is 2. The van der Waals surface area contributed by atoms with Gasteiger partial charge in [-0.15, -0.1) is 0 Å². The number of hydrogen-bond acceptors (Lipinski definition) is 3. The van der Waals surface area contributed by atoms with E-state index in [4.69, 9.17) is 23.2 Å². The van der Waals surface area contributed by atoms with Crippen LogP contribution < -0.4 is 4.90 Å². The van der Waals surface area contributed by atoms with Crippen LogP contribution in [0.3, 0.4) is 0 Å². The highest BCUT2D eigenvalue weighted by Crippen LogP contribution is 2.26. The summed E-state index contributed by atoms with van der Waals surface area (Å²) in [5, 5.41) is 1.34. The van der Waals surface area contributed by atoms with Crippen molar-refractivity contribution in [3.8, 4) is 0 Å². The molecular weight excluding hydrogens is 359 g/mol. The molecule has 1 saturated heterocycles. The number of pyridine rings is 1. The number of imidazole rings is 1. The molecule has 4 rings (SSSR count). The van der Waals surface area contributed by atoms with Crippen molar-refractivity contribution in [2.75, 3.05) is 31.1 Å². The SMILES string of the molecule is O=C(c1cn2cc(Cl)ccc2n1)N1CCN(c2ccccc2Cl)CC1. The summed E-state index contributed by atoms with van der Waals surface area (Å²) < 4.78 is 1.77. The number of carbonyl (C=O) groups is 1. The van der Waals surface area contributed by atoms with Crippen LogP contribution in [-0.2, 0) is 0 Å². The van der Waals surface area contributed by atoms with E-state index in [1.807, 2.05) is 29.2 Å². The third-order valence-corrected chi connectivity index (χ3v) is 4.94. The van der Waals surface area contributed by atoms with Gasteiger partial charge in [-0.3, -0.25) is 4.79 Å². The molecule has 1 aliphatic rings. The van der Waals surface area contributed by atoms with Gasteiger partial charge < -0.3 is 14.2 Å².